The number of carbonyl (C=O) groups is 2. The molecule has 1 aromatic carbocycles. The molecular weight excluding hydrogens is 384 g/mol. The molecule has 2 fully saturated rings. The van der Waals surface area contributed by atoms with Crippen LogP contribution in [0.1, 0.15) is 24.0 Å². The first-order valence-electron chi connectivity index (χ1n) is 9.59. The van der Waals surface area contributed by atoms with Gasteiger partial charge in [0.25, 0.3) is 5.91 Å². The number of rotatable bonds is 5. The minimum absolute atomic E-state index is 0.155. The van der Waals surface area contributed by atoms with E-state index in [0.29, 0.717) is 28.8 Å². The second kappa shape index (κ2) is 6.76. The summed E-state index contributed by atoms with van der Waals surface area (Å²) in [6, 6.07) is 7.25. The lowest BCUT2D eigenvalue weighted by atomic mass is 10.2. The number of carbonyl (C=O) groups excluding carboxylic acids is 2. The normalized spacial score (nSPS) is 17.3. The van der Waals surface area contributed by atoms with Gasteiger partial charge >= 0.3 is 6.03 Å². The fraction of sp³-hybridized carbons (Fsp3) is 0.200. The number of aromatic nitrogens is 3. The molecule has 6 N–H and O–H groups in total. The molecule has 10 nitrogen and oxygen atoms in total. The molecular formula is C20H20N8O2. The minimum Gasteiger partial charge on any atom is -0.399 e. The summed E-state index contributed by atoms with van der Waals surface area (Å²) in [5.74, 6) is 1.02. The number of hydrogen-bond acceptors (Lipinski definition) is 7. The zero-order chi connectivity index (χ0) is 20.8. The van der Waals surface area contributed by atoms with Crippen molar-refractivity contribution in [3.05, 3.63) is 47.3 Å². The zero-order valence-electron chi connectivity index (χ0n) is 16.2. The van der Waals surface area contributed by atoms with Gasteiger partial charge in [0, 0.05) is 28.5 Å². The SMILES string of the molecule is Cc1c(Nc2ccc(N)cc2)nc2c(/C=C3\NC(=O)NC3=O)cnn2c1NC1CC1. The number of fused-ring (bicyclic) bond motifs is 1. The molecule has 0 bridgehead atoms. The number of urea groups is 1. The highest BCUT2D eigenvalue weighted by molar-refractivity contribution is 6.14. The molecule has 3 amide bonds. The van der Waals surface area contributed by atoms with Crippen LogP contribution in [-0.4, -0.2) is 32.6 Å². The van der Waals surface area contributed by atoms with Crippen LogP contribution in [0.3, 0.4) is 0 Å². The monoisotopic (exact) mass is 404 g/mol. The van der Waals surface area contributed by atoms with Crippen LogP contribution >= 0.6 is 0 Å². The smallest absolute Gasteiger partial charge is 0.326 e. The number of benzene rings is 1. The van der Waals surface area contributed by atoms with Crippen molar-refractivity contribution < 1.29 is 9.59 Å². The van der Waals surface area contributed by atoms with E-state index >= 15 is 0 Å². The van der Waals surface area contributed by atoms with Gasteiger partial charge in [-0.2, -0.15) is 9.61 Å². The van der Waals surface area contributed by atoms with Gasteiger partial charge in [0.15, 0.2) is 5.65 Å². The Labute approximate surface area is 171 Å². The van der Waals surface area contributed by atoms with E-state index in [1.807, 2.05) is 31.2 Å². The summed E-state index contributed by atoms with van der Waals surface area (Å²) in [4.78, 5) is 28.1. The summed E-state index contributed by atoms with van der Waals surface area (Å²) in [6.45, 7) is 1.97. The topological polar surface area (TPSA) is 138 Å². The van der Waals surface area contributed by atoms with Gasteiger partial charge < -0.3 is 21.7 Å². The van der Waals surface area contributed by atoms with E-state index in [1.54, 1.807) is 16.8 Å². The van der Waals surface area contributed by atoms with Crippen molar-refractivity contribution in [3.8, 4) is 0 Å². The zero-order valence-corrected chi connectivity index (χ0v) is 16.2. The molecule has 1 aliphatic carbocycles. The number of anilines is 4. The van der Waals surface area contributed by atoms with Crippen molar-refractivity contribution in [2.45, 2.75) is 25.8 Å². The van der Waals surface area contributed by atoms with Gasteiger partial charge in [-0.25, -0.2) is 9.78 Å². The van der Waals surface area contributed by atoms with Crippen molar-refractivity contribution in [3.63, 3.8) is 0 Å². The first-order valence-corrected chi connectivity index (χ1v) is 9.59. The standard InChI is InChI=1S/C20H20N8O2/c1-10-16(23-13-4-2-12(21)3-5-13)26-18-11(8-15-19(29)27-20(30)25-15)9-22-28(18)17(10)24-14-6-7-14/h2-5,8-9,14,24H,6-7,21H2,1H3,(H,23,26)(H2,25,27,29,30)/b15-8-. The van der Waals surface area contributed by atoms with Crippen molar-refractivity contribution in [1.82, 2.24) is 25.2 Å². The largest absolute Gasteiger partial charge is 0.399 e. The number of nitrogens with one attached hydrogen (secondary N) is 4. The van der Waals surface area contributed by atoms with Crippen LogP contribution in [0.4, 0.5) is 27.8 Å². The van der Waals surface area contributed by atoms with Crippen LogP contribution in [0.2, 0.25) is 0 Å². The van der Waals surface area contributed by atoms with Crippen LogP contribution < -0.4 is 27.0 Å². The van der Waals surface area contributed by atoms with Gasteiger partial charge in [-0.05, 0) is 50.1 Å². The molecule has 1 aliphatic heterocycles. The molecule has 0 unspecified atom stereocenters. The molecule has 5 rings (SSSR count). The second-order valence-corrected chi connectivity index (χ2v) is 7.40. The predicted octanol–water partition coefficient (Wildman–Crippen LogP) is 2.12. The average molecular weight is 404 g/mol. The van der Waals surface area contributed by atoms with Crippen LogP contribution in [-0.2, 0) is 4.79 Å². The Bertz CT molecular complexity index is 1210. The van der Waals surface area contributed by atoms with Gasteiger partial charge in [0.2, 0.25) is 0 Å². The minimum atomic E-state index is -0.548. The van der Waals surface area contributed by atoms with Crippen molar-refractivity contribution >= 4 is 46.7 Å². The fourth-order valence-corrected chi connectivity index (χ4v) is 3.25. The van der Waals surface area contributed by atoms with E-state index in [4.69, 9.17) is 10.7 Å². The summed E-state index contributed by atoms with van der Waals surface area (Å²) in [5.41, 5.74) is 9.55. The van der Waals surface area contributed by atoms with Crippen LogP contribution in [0.25, 0.3) is 11.7 Å². The molecule has 10 heteroatoms. The third kappa shape index (κ3) is 3.28. The summed E-state index contributed by atoms with van der Waals surface area (Å²) < 4.78 is 1.73. The van der Waals surface area contributed by atoms with Crippen LogP contribution in [0.15, 0.2) is 36.2 Å². The molecule has 30 heavy (non-hydrogen) atoms. The number of amides is 3. The lowest BCUT2D eigenvalue weighted by Gasteiger charge is -2.16. The number of nitrogens with zero attached hydrogens (tertiary/aromatic N) is 3. The second-order valence-electron chi connectivity index (χ2n) is 7.40. The molecule has 1 saturated heterocycles. The number of imide groups is 1. The summed E-state index contributed by atoms with van der Waals surface area (Å²) >= 11 is 0. The lowest BCUT2D eigenvalue weighted by molar-refractivity contribution is -0.115. The van der Waals surface area contributed by atoms with Gasteiger partial charge in [0.05, 0.1) is 6.20 Å². The third-order valence-corrected chi connectivity index (χ3v) is 5.02. The number of hydrogen-bond donors (Lipinski definition) is 5. The summed E-state index contributed by atoms with van der Waals surface area (Å²) in [6.07, 6.45) is 5.40. The van der Waals surface area contributed by atoms with Crippen LogP contribution in [0, 0.1) is 6.92 Å². The maximum atomic E-state index is 11.9. The molecule has 2 aliphatic rings. The molecule has 3 aromatic rings. The van der Waals surface area contributed by atoms with Crippen molar-refractivity contribution in [1.29, 1.82) is 0 Å². The fourth-order valence-electron chi connectivity index (χ4n) is 3.25. The third-order valence-electron chi connectivity index (χ3n) is 5.02. The highest BCUT2D eigenvalue weighted by atomic mass is 16.2. The van der Waals surface area contributed by atoms with E-state index in [1.165, 1.54) is 0 Å². The maximum Gasteiger partial charge on any atom is 0.326 e. The van der Waals surface area contributed by atoms with Gasteiger partial charge in [-0.15, -0.1) is 0 Å². The summed E-state index contributed by atoms with van der Waals surface area (Å²) in [7, 11) is 0. The maximum absolute atomic E-state index is 11.9. The quantitative estimate of drug-likeness (QED) is 0.249. The average Bonchev–Trinajstić information content (AvgIpc) is 3.37. The van der Waals surface area contributed by atoms with E-state index in [-0.39, 0.29) is 5.70 Å². The molecule has 0 spiro atoms. The Morgan fingerprint density at radius 2 is 1.97 bits per heavy atom. The first kappa shape index (κ1) is 18.0. The highest BCUT2D eigenvalue weighted by Gasteiger charge is 2.26. The Hall–Kier alpha value is -4.08. The highest BCUT2D eigenvalue weighted by Crippen LogP contribution is 2.32. The Morgan fingerprint density at radius 3 is 2.63 bits per heavy atom. The Balaban J connectivity index is 1.61. The lowest BCUT2D eigenvalue weighted by Crippen LogP contribution is -2.22. The van der Waals surface area contributed by atoms with E-state index in [2.05, 4.69) is 26.4 Å². The Morgan fingerprint density at radius 1 is 1.20 bits per heavy atom. The van der Waals surface area contributed by atoms with E-state index in [0.717, 1.165) is 29.9 Å². The number of nitrogen functional groups attached to an aromatic ring is 1. The van der Waals surface area contributed by atoms with Crippen molar-refractivity contribution in [2.24, 2.45) is 0 Å². The predicted molar refractivity (Wildman–Crippen MR) is 113 cm³/mol. The molecule has 1 saturated carbocycles. The van der Waals surface area contributed by atoms with E-state index < -0.39 is 11.9 Å². The molecule has 152 valence electrons. The summed E-state index contributed by atoms with van der Waals surface area (Å²) in [5, 5.41) is 16.0. The molecule has 0 radical (unpaired) electrons. The van der Waals surface area contributed by atoms with Gasteiger partial charge in [-0.3, -0.25) is 10.1 Å². The molecule has 0 atom stereocenters. The van der Waals surface area contributed by atoms with Gasteiger partial charge in [-0.1, -0.05) is 0 Å². The molecule has 2 aromatic heterocycles. The van der Waals surface area contributed by atoms with Crippen molar-refractivity contribution in [2.75, 3.05) is 16.4 Å². The van der Waals surface area contributed by atoms with Crippen LogP contribution in [0.5, 0.6) is 0 Å². The van der Waals surface area contributed by atoms with E-state index in [9.17, 15) is 9.59 Å². The number of nitrogens with two attached hydrogens (primary N) is 1. The Kier molecular flexibility index (Phi) is 4.05. The molecule has 3 heterocycles. The van der Waals surface area contributed by atoms with Gasteiger partial charge in [0.1, 0.15) is 17.3 Å². The first-order chi connectivity index (χ1) is 14.5.